The van der Waals surface area contributed by atoms with Gasteiger partial charge in [-0.15, -0.1) is 0 Å². The topological polar surface area (TPSA) is 38.7 Å². The zero-order valence-corrected chi connectivity index (χ0v) is 12.6. The summed E-state index contributed by atoms with van der Waals surface area (Å²) in [7, 11) is 0. The highest BCUT2D eigenvalue weighted by Crippen LogP contribution is 2.21. The maximum Gasteiger partial charge on any atom is 0.0585 e. The highest BCUT2D eigenvalue weighted by atomic mass is 16.3. The molecule has 0 aromatic heterocycles. The molecule has 2 unspecified atom stereocenters. The Balaban J connectivity index is 1.71. The van der Waals surface area contributed by atoms with Crippen LogP contribution in [0.4, 0.5) is 0 Å². The maximum atomic E-state index is 9.40. The molecule has 2 aliphatic rings. The Hall–Kier alpha value is -0.160. The molecule has 0 aliphatic carbocycles. The highest BCUT2D eigenvalue weighted by Gasteiger charge is 2.28. The summed E-state index contributed by atoms with van der Waals surface area (Å²) in [6.07, 6.45) is 5.23. The van der Waals surface area contributed by atoms with Gasteiger partial charge in [-0.05, 0) is 32.4 Å². The predicted molar refractivity (Wildman–Crippen MR) is 79.4 cm³/mol. The van der Waals surface area contributed by atoms with Crippen molar-refractivity contribution < 1.29 is 5.11 Å². The Labute approximate surface area is 118 Å². The molecule has 0 spiro atoms. The summed E-state index contributed by atoms with van der Waals surface area (Å²) in [6, 6.07) is 1.50. The van der Waals surface area contributed by atoms with Crippen LogP contribution in [0, 0.1) is 0 Å². The van der Waals surface area contributed by atoms with Crippen LogP contribution in [-0.2, 0) is 0 Å². The van der Waals surface area contributed by atoms with E-state index in [1.807, 2.05) is 0 Å². The van der Waals surface area contributed by atoms with Gasteiger partial charge in [-0.25, -0.2) is 0 Å². The molecule has 0 amide bonds. The van der Waals surface area contributed by atoms with Gasteiger partial charge in [-0.1, -0.05) is 20.3 Å². The van der Waals surface area contributed by atoms with E-state index in [-0.39, 0.29) is 12.6 Å². The molecule has 0 aromatic rings. The molecule has 0 bridgehead atoms. The van der Waals surface area contributed by atoms with Crippen LogP contribution in [0.3, 0.4) is 0 Å². The van der Waals surface area contributed by atoms with Gasteiger partial charge in [-0.3, -0.25) is 4.90 Å². The zero-order chi connectivity index (χ0) is 13.7. The van der Waals surface area contributed by atoms with Crippen molar-refractivity contribution in [3.63, 3.8) is 0 Å². The first kappa shape index (κ1) is 15.2. The largest absolute Gasteiger partial charge is 0.395 e. The Morgan fingerprint density at radius 3 is 2.79 bits per heavy atom. The highest BCUT2D eigenvalue weighted by molar-refractivity contribution is 4.85. The fourth-order valence-electron chi connectivity index (χ4n) is 3.46. The Kier molecular flexibility index (Phi) is 6.07. The van der Waals surface area contributed by atoms with Crippen LogP contribution >= 0.6 is 0 Å². The van der Waals surface area contributed by atoms with Gasteiger partial charge >= 0.3 is 0 Å². The molecule has 2 heterocycles. The minimum absolute atomic E-state index is 0.252. The van der Waals surface area contributed by atoms with Crippen molar-refractivity contribution in [2.75, 3.05) is 39.3 Å². The molecule has 2 aliphatic heterocycles. The molecular formula is C15H31N3O. The Morgan fingerprint density at radius 2 is 2.05 bits per heavy atom. The lowest BCUT2D eigenvalue weighted by Gasteiger charge is -2.44. The second kappa shape index (κ2) is 7.58. The third-order valence-electron chi connectivity index (χ3n) is 4.50. The monoisotopic (exact) mass is 269 g/mol. The molecule has 2 fully saturated rings. The quantitative estimate of drug-likeness (QED) is 0.752. The van der Waals surface area contributed by atoms with Crippen LogP contribution in [0.25, 0.3) is 0 Å². The predicted octanol–water partition coefficient (Wildman–Crippen LogP) is 0.906. The normalized spacial score (nSPS) is 27.5. The fraction of sp³-hybridized carbons (Fsp3) is 1.00. The van der Waals surface area contributed by atoms with Crippen molar-refractivity contribution >= 4 is 0 Å². The summed E-state index contributed by atoms with van der Waals surface area (Å²) in [5, 5.41) is 12.8. The van der Waals surface area contributed by atoms with Crippen LogP contribution < -0.4 is 5.32 Å². The van der Waals surface area contributed by atoms with Gasteiger partial charge in [0.2, 0.25) is 0 Å². The third kappa shape index (κ3) is 4.71. The van der Waals surface area contributed by atoms with Gasteiger partial charge in [0.25, 0.3) is 0 Å². The fourth-order valence-corrected chi connectivity index (χ4v) is 3.46. The molecule has 19 heavy (non-hydrogen) atoms. The molecule has 2 N–H and O–H groups in total. The van der Waals surface area contributed by atoms with Gasteiger partial charge in [0.15, 0.2) is 0 Å². The van der Waals surface area contributed by atoms with E-state index in [0.717, 1.165) is 19.0 Å². The average molecular weight is 269 g/mol. The van der Waals surface area contributed by atoms with Crippen molar-refractivity contribution in [3.8, 4) is 0 Å². The summed E-state index contributed by atoms with van der Waals surface area (Å²) in [5.74, 6) is 0. The lowest BCUT2D eigenvalue weighted by molar-refractivity contribution is 0.0462. The number of piperazine rings is 1. The molecule has 0 saturated carbocycles. The van der Waals surface area contributed by atoms with E-state index in [0.29, 0.717) is 6.04 Å². The van der Waals surface area contributed by atoms with Gasteiger partial charge in [-0.2, -0.15) is 0 Å². The van der Waals surface area contributed by atoms with Gasteiger partial charge in [0, 0.05) is 37.8 Å². The molecule has 112 valence electrons. The lowest BCUT2D eigenvalue weighted by atomic mass is 9.99. The molecule has 0 aromatic carbocycles. The summed E-state index contributed by atoms with van der Waals surface area (Å²) >= 11 is 0. The number of aliphatic hydroxyl groups excluding tert-OH is 1. The molecule has 0 radical (unpaired) electrons. The standard InChI is InChI=1S/C15H31N3O/c1-13(2)16-14(12-19)6-8-17-9-10-18-7-4-3-5-15(18)11-17/h13-16,19H,3-12H2,1-2H3. The van der Waals surface area contributed by atoms with Crippen molar-refractivity contribution in [1.82, 2.24) is 15.1 Å². The second-order valence-corrected chi connectivity index (χ2v) is 6.48. The summed E-state index contributed by atoms with van der Waals surface area (Å²) in [5.41, 5.74) is 0. The molecule has 2 atom stereocenters. The summed E-state index contributed by atoms with van der Waals surface area (Å²) in [4.78, 5) is 5.27. The van der Waals surface area contributed by atoms with E-state index in [1.54, 1.807) is 0 Å². The van der Waals surface area contributed by atoms with E-state index in [9.17, 15) is 5.11 Å². The number of nitrogens with one attached hydrogen (secondary N) is 1. The van der Waals surface area contributed by atoms with Crippen molar-refractivity contribution in [1.29, 1.82) is 0 Å². The average Bonchev–Trinajstić information content (AvgIpc) is 2.42. The van der Waals surface area contributed by atoms with Gasteiger partial charge in [0.1, 0.15) is 0 Å². The van der Waals surface area contributed by atoms with Gasteiger partial charge < -0.3 is 15.3 Å². The van der Waals surface area contributed by atoms with Crippen LogP contribution in [0.1, 0.15) is 39.5 Å². The molecule has 4 nitrogen and oxygen atoms in total. The Morgan fingerprint density at radius 1 is 1.21 bits per heavy atom. The first-order valence-corrected chi connectivity index (χ1v) is 8.02. The van der Waals surface area contributed by atoms with E-state index in [2.05, 4.69) is 29.0 Å². The molecule has 2 rings (SSSR count). The number of hydrogen-bond donors (Lipinski definition) is 2. The number of piperidine rings is 1. The van der Waals surface area contributed by atoms with Crippen molar-refractivity contribution in [2.45, 2.75) is 57.7 Å². The Bertz CT molecular complexity index is 260. The maximum absolute atomic E-state index is 9.40. The summed E-state index contributed by atoms with van der Waals surface area (Å²) in [6.45, 7) is 10.7. The molecule has 4 heteroatoms. The van der Waals surface area contributed by atoms with Crippen molar-refractivity contribution in [3.05, 3.63) is 0 Å². The van der Waals surface area contributed by atoms with Crippen LogP contribution in [0.5, 0.6) is 0 Å². The first-order valence-electron chi connectivity index (χ1n) is 8.02. The van der Waals surface area contributed by atoms with E-state index in [1.165, 1.54) is 45.4 Å². The minimum atomic E-state index is 0.252. The first-order chi connectivity index (χ1) is 9.19. The smallest absolute Gasteiger partial charge is 0.0585 e. The van der Waals surface area contributed by atoms with Gasteiger partial charge in [0.05, 0.1) is 6.61 Å². The third-order valence-corrected chi connectivity index (χ3v) is 4.50. The van der Waals surface area contributed by atoms with Crippen molar-refractivity contribution in [2.24, 2.45) is 0 Å². The number of hydrogen-bond acceptors (Lipinski definition) is 4. The zero-order valence-electron chi connectivity index (χ0n) is 12.6. The van der Waals surface area contributed by atoms with Crippen LogP contribution in [-0.4, -0.2) is 72.4 Å². The van der Waals surface area contributed by atoms with E-state index >= 15 is 0 Å². The number of aliphatic hydroxyl groups is 1. The summed E-state index contributed by atoms with van der Waals surface area (Å²) < 4.78 is 0. The SMILES string of the molecule is CC(C)NC(CO)CCN1CCN2CCCCC2C1. The molecular weight excluding hydrogens is 238 g/mol. The second-order valence-electron chi connectivity index (χ2n) is 6.48. The lowest BCUT2D eigenvalue weighted by Crippen LogP contribution is -2.55. The number of fused-ring (bicyclic) bond motifs is 1. The number of rotatable bonds is 6. The number of nitrogens with zero attached hydrogens (tertiary/aromatic N) is 2. The molecule has 2 saturated heterocycles. The van der Waals surface area contributed by atoms with Crippen LogP contribution in [0.2, 0.25) is 0 Å². The van der Waals surface area contributed by atoms with Crippen LogP contribution in [0.15, 0.2) is 0 Å². The van der Waals surface area contributed by atoms with E-state index in [4.69, 9.17) is 0 Å². The minimum Gasteiger partial charge on any atom is -0.395 e. The van der Waals surface area contributed by atoms with E-state index < -0.39 is 0 Å².